The van der Waals surface area contributed by atoms with Gasteiger partial charge >= 0.3 is 0 Å². The Bertz CT molecular complexity index is 854. The van der Waals surface area contributed by atoms with Crippen molar-refractivity contribution < 1.29 is 14.0 Å². The number of benzene rings is 2. The lowest BCUT2D eigenvalue weighted by molar-refractivity contribution is -0.131. The molecular formula is C20H20FN3O2. The predicted octanol–water partition coefficient (Wildman–Crippen LogP) is 1.75. The van der Waals surface area contributed by atoms with E-state index in [0.29, 0.717) is 42.9 Å². The highest BCUT2D eigenvalue weighted by Crippen LogP contribution is 2.28. The molecule has 2 amide bonds. The van der Waals surface area contributed by atoms with Crippen molar-refractivity contribution in [1.29, 1.82) is 0 Å². The lowest BCUT2D eigenvalue weighted by Gasteiger charge is -2.43. The second-order valence-corrected chi connectivity index (χ2v) is 6.62. The number of piperazine rings is 2. The van der Waals surface area contributed by atoms with Gasteiger partial charge in [0.15, 0.2) is 0 Å². The topological polar surface area (TPSA) is 52.7 Å². The van der Waals surface area contributed by atoms with E-state index in [1.807, 2.05) is 0 Å². The third-order valence-electron chi connectivity index (χ3n) is 5.10. The number of hydrogen-bond donors (Lipinski definition) is 1. The maximum absolute atomic E-state index is 14.2. The van der Waals surface area contributed by atoms with Crippen LogP contribution >= 0.6 is 0 Å². The van der Waals surface area contributed by atoms with Gasteiger partial charge in [-0.05, 0) is 17.7 Å². The van der Waals surface area contributed by atoms with Crippen LogP contribution in [0.25, 0.3) is 11.1 Å². The van der Waals surface area contributed by atoms with E-state index in [2.05, 4.69) is 10.2 Å². The first-order valence-electron chi connectivity index (χ1n) is 8.80. The van der Waals surface area contributed by atoms with Crippen LogP contribution in [0.5, 0.6) is 0 Å². The molecule has 0 spiro atoms. The second-order valence-electron chi connectivity index (χ2n) is 6.62. The van der Waals surface area contributed by atoms with E-state index < -0.39 is 0 Å². The van der Waals surface area contributed by atoms with Gasteiger partial charge in [0.25, 0.3) is 5.91 Å². The summed E-state index contributed by atoms with van der Waals surface area (Å²) >= 11 is 0. The highest BCUT2D eigenvalue weighted by atomic mass is 19.1. The number of hydrogen-bond acceptors (Lipinski definition) is 3. The van der Waals surface area contributed by atoms with E-state index in [1.165, 1.54) is 6.07 Å². The van der Waals surface area contributed by atoms with Crippen LogP contribution in [0.4, 0.5) is 4.39 Å². The molecule has 4 rings (SSSR count). The number of amides is 2. The Labute approximate surface area is 151 Å². The third kappa shape index (κ3) is 2.97. The van der Waals surface area contributed by atoms with E-state index >= 15 is 0 Å². The minimum atomic E-state index is -0.357. The Balaban J connectivity index is 1.63. The van der Waals surface area contributed by atoms with Crippen molar-refractivity contribution in [2.75, 3.05) is 32.7 Å². The Morgan fingerprint density at radius 2 is 1.73 bits per heavy atom. The summed E-state index contributed by atoms with van der Waals surface area (Å²) in [5, 5.41) is 2.86. The highest BCUT2D eigenvalue weighted by molar-refractivity contribution is 6.01. The van der Waals surface area contributed by atoms with Crippen LogP contribution in [-0.2, 0) is 4.79 Å². The molecule has 6 heteroatoms. The van der Waals surface area contributed by atoms with Gasteiger partial charge < -0.3 is 10.2 Å². The average molecular weight is 353 g/mol. The molecule has 0 bridgehead atoms. The summed E-state index contributed by atoms with van der Waals surface area (Å²) in [6.07, 6.45) is 0. The predicted molar refractivity (Wildman–Crippen MR) is 96.1 cm³/mol. The summed E-state index contributed by atoms with van der Waals surface area (Å²) in [7, 11) is 0. The zero-order valence-electron chi connectivity index (χ0n) is 14.3. The summed E-state index contributed by atoms with van der Waals surface area (Å²) < 4.78 is 14.2. The zero-order chi connectivity index (χ0) is 18.1. The molecule has 2 saturated heterocycles. The van der Waals surface area contributed by atoms with Crippen molar-refractivity contribution in [2.24, 2.45) is 0 Å². The van der Waals surface area contributed by atoms with Crippen LogP contribution in [0.3, 0.4) is 0 Å². The molecule has 2 aliphatic rings. The number of fused-ring (bicyclic) bond motifs is 1. The molecule has 0 aromatic heterocycles. The molecule has 2 aromatic rings. The van der Waals surface area contributed by atoms with Gasteiger partial charge in [0.2, 0.25) is 5.91 Å². The zero-order valence-corrected chi connectivity index (χ0v) is 14.3. The number of carbonyl (C=O) groups is 2. The number of halogens is 1. The SMILES string of the molecule is O=C1NCCN2CCN(C(=O)c3ccccc3-c3ccccc3F)CC12. The smallest absolute Gasteiger partial charge is 0.254 e. The number of nitrogens with zero attached hydrogens (tertiary/aromatic N) is 2. The lowest BCUT2D eigenvalue weighted by Crippen LogP contribution is -2.64. The number of nitrogens with one attached hydrogen (secondary N) is 1. The Morgan fingerprint density at radius 3 is 2.54 bits per heavy atom. The molecule has 1 atom stereocenters. The largest absolute Gasteiger partial charge is 0.353 e. The van der Waals surface area contributed by atoms with E-state index in [9.17, 15) is 14.0 Å². The fraction of sp³-hybridized carbons (Fsp3) is 0.300. The summed E-state index contributed by atoms with van der Waals surface area (Å²) in [5.41, 5.74) is 1.44. The van der Waals surface area contributed by atoms with Crippen LogP contribution in [0.15, 0.2) is 48.5 Å². The van der Waals surface area contributed by atoms with Gasteiger partial charge in [0.05, 0.1) is 0 Å². The molecular weight excluding hydrogens is 333 g/mol. The average Bonchev–Trinajstić information content (AvgIpc) is 2.68. The first-order chi connectivity index (χ1) is 12.6. The molecule has 26 heavy (non-hydrogen) atoms. The molecule has 1 unspecified atom stereocenters. The van der Waals surface area contributed by atoms with Crippen LogP contribution in [0.2, 0.25) is 0 Å². The molecule has 2 fully saturated rings. The number of rotatable bonds is 2. The van der Waals surface area contributed by atoms with Gasteiger partial charge in [-0.15, -0.1) is 0 Å². The van der Waals surface area contributed by atoms with Crippen molar-refractivity contribution in [3.05, 3.63) is 59.9 Å². The van der Waals surface area contributed by atoms with Crippen molar-refractivity contribution in [1.82, 2.24) is 15.1 Å². The molecule has 2 aliphatic heterocycles. The van der Waals surface area contributed by atoms with Crippen molar-refractivity contribution in [2.45, 2.75) is 6.04 Å². The molecule has 0 saturated carbocycles. The summed E-state index contributed by atoms with van der Waals surface area (Å²) in [4.78, 5) is 29.1. The monoisotopic (exact) mass is 353 g/mol. The summed E-state index contributed by atoms with van der Waals surface area (Å²) in [6, 6.07) is 13.2. The maximum Gasteiger partial charge on any atom is 0.254 e. The quantitative estimate of drug-likeness (QED) is 0.895. The maximum atomic E-state index is 14.2. The Hall–Kier alpha value is -2.73. The number of carbonyl (C=O) groups excluding carboxylic acids is 2. The van der Waals surface area contributed by atoms with Crippen LogP contribution in [-0.4, -0.2) is 60.4 Å². The van der Waals surface area contributed by atoms with Gasteiger partial charge in [-0.3, -0.25) is 14.5 Å². The Kier molecular flexibility index (Phi) is 4.42. The minimum Gasteiger partial charge on any atom is -0.353 e. The molecule has 1 N–H and O–H groups in total. The van der Waals surface area contributed by atoms with E-state index in [-0.39, 0.29) is 23.7 Å². The summed E-state index contributed by atoms with van der Waals surface area (Å²) in [6.45, 7) is 3.06. The van der Waals surface area contributed by atoms with E-state index in [0.717, 1.165) is 6.54 Å². The normalized spacial score (nSPS) is 20.4. The molecule has 0 radical (unpaired) electrons. The highest BCUT2D eigenvalue weighted by Gasteiger charge is 2.36. The second kappa shape index (κ2) is 6.88. The van der Waals surface area contributed by atoms with Crippen LogP contribution in [0, 0.1) is 5.82 Å². The van der Waals surface area contributed by atoms with Crippen molar-refractivity contribution >= 4 is 11.8 Å². The lowest BCUT2D eigenvalue weighted by atomic mass is 9.97. The van der Waals surface area contributed by atoms with Crippen molar-refractivity contribution in [3.8, 4) is 11.1 Å². The fourth-order valence-corrected chi connectivity index (χ4v) is 3.72. The third-order valence-corrected chi connectivity index (χ3v) is 5.10. The van der Waals surface area contributed by atoms with Gasteiger partial charge in [-0.2, -0.15) is 0 Å². The molecule has 2 heterocycles. The van der Waals surface area contributed by atoms with Gasteiger partial charge in [0.1, 0.15) is 11.9 Å². The minimum absolute atomic E-state index is 0.0314. The van der Waals surface area contributed by atoms with E-state index in [1.54, 1.807) is 47.4 Å². The Morgan fingerprint density at radius 1 is 1.00 bits per heavy atom. The van der Waals surface area contributed by atoms with Crippen LogP contribution in [0.1, 0.15) is 10.4 Å². The fourth-order valence-electron chi connectivity index (χ4n) is 3.72. The van der Waals surface area contributed by atoms with Gasteiger partial charge in [0, 0.05) is 43.9 Å². The first kappa shape index (κ1) is 16.7. The van der Waals surface area contributed by atoms with Gasteiger partial charge in [-0.25, -0.2) is 4.39 Å². The first-order valence-corrected chi connectivity index (χ1v) is 8.80. The van der Waals surface area contributed by atoms with Crippen molar-refractivity contribution in [3.63, 3.8) is 0 Å². The molecule has 2 aromatic carbocycles. The summed E-state index contributed by atoms with van der Waals surface area (Å²) in [5.74, 6) is -0.553. The van der Waals surface area contributed by atoms with Gasteiger partial charge in [-0.1, -0.05) is 36.4 Å². The van der Waals surface area contributed by atoms with E-state index in [4.69, 9.17) is 0 Å². The standard InChI is InChI=1S/C20H20FN3O2/c21-17-8-4-3-6-15(17)14-5-1-2-7-16(14)20(26)24-12-11-23-10-9-22-19(25)18(23)13-24/h1-8,18H,9-13H2,(H,22,25). The molecule has 134 valence electrons. The molecule has 5 nitrogen and oxygen atoms in total. The molecule has 0 aliphatic carbocycles. The van der Waals surface area contributed by atoms with Crippen LogP contribution < -0.4 is 5.32 Å².